The first-order chi connectivity index (χ1) is 11.8. The van der Waals surface area contributed by atoms with E-state index in [1.54, 1.807) is 18.5 Å². The van der Waals surface area contributed by atoms with Crippen molar-refractivity contribution >= 4 is 16.9 Å². The number of hydrogen-bond acceptors (Lipinski definition) is 2. The summed E-state index contributed by atoms with van der Waals surface area (Å²) in [6.45, 7) is 2.16. The van der Waals surface area contributed by atoms with E-state index in [0.29, 0.717) is 17.7 Å². The minimum Gasteiger partial charge on any atom is -0.481 e. The zero-order valence-corrected chi connectivity index (χ0v) is 13.3. The molecule has 0 saturated heterocycles. The Labute approximate surface area is 141 Å². The molecule has 0 saturated carbocycles. The fourth-order valence-corrected chi connectivity index (χ4v) is 2.95. The van der Waals surface area contributed by atoms with Gasteiger partial charge in [0.1, 0.15) is 0 Å². The van der Waals surface area contributed by atoms with Gasteiger partial charge < -0.3 is 9.67 Å². The molecule has 0 fully saturated rings. The van der Waals surface area contributed by atoms with E-state index in [1.165, 1.54) is 12.1 Å². The molecule has 0 atom stereocenters. The minimum atomic E-state index is -4.37. The Hall–Kier alpha value is -2.83. The first-order valence-corrected chi connectivity index (χ1v) is 7.57. The molecule has 3 aromatic rings. The van der Waals surface area contributed by atoms with Crippen molar-refractivity contribution in [3.8, 4) is 0 Å². The molecule has 3 rings (SSSR count). The second-order valence-electron chi connectivity index (χ2n) is 5.81. The number of halogens is 3. The second-order valence-corrected chi connectivity index (χ2v) is 5.81. The predicted molar refractivity (Wildman–Crippen MR) is 86.4 cm³/mol. The van der Waals surface area contributed by atoms with Crippen LogP contribution in [-0.4, -0.2) is 20.6 Å². The lowest BCUT2D eigenvalue weighted by molar-refractivity contribution is -0.138. The Morgan fingerprint density at radius 3 is 2.48 bits per heavy atom. The van der Waals surface area contributed by atoms with Gasteiger partial charge in [-0.25, -0.2) is 0 Å². The Morgan fingerprint density at radius 1 is 1.20 bits per heavy atom. The van der Waals surface area contributed by atoms with Crippen molar-refractivity contribution in [2.45, 2.75) is 26.1 Å². The van der Waals surface area contributed by atoms with Crippen molar-refractivity contribution in [1.82, 2.24) is 9.55 Å². The summed E-state index contributed by atoms with van der Waals surface area (Å²) >= 11 is 0. The standard InChI is InChI=1S/C18H15F3N2O2/c1-11-14(8-17(24)25)15-9-22-7-6-16(15)23(11)10-12-2-4-13(5-3-12)18(19,20)21/h2-7,9H,8,10H2,1H3,(H,24,25). The fraction of sp³-hybridized carbons (Fsp3) is 0.222. The number of aliphatic carboxylic acids is 1. The molecular weight excluding hydrogens is 333 g/mol. The number of carboxylic acid groups (broad SMARTS) is 1. The van der Waals surface area contributed by atoms with E-state index in [0.717, 1.165) is 28.7 Å². The molecule has 0 unspecified atom stereocenters. The summed E-state index contributed by atoms with van der Waals surface area (Å²) in [6.07, 6.45) is -1.28. The number of hydrogen-bond donors (Lipinski definition) is 1. The maximum Gasteiger partial charge on any atom is 0.416 e. The molecule has 0 aliphatic heterocycles. The first kappa shape index (κ1) is 17.0. The number of rotatable bonds is 4. The average Bonchev–Trinajstić information content (AvgIpc) is 2.80. The van der Waals surface area contributed by atoms with Crippen molar-refractivity contribution in [3.63, 3.8) is 0 Å². The highest BCUT2D eigenvalue weighted by Crippen LogP contribution is 2.30. The highest BCUT2D eigenvalue weighted by Gasteiger charge is 2.30. The number of benzene rings is 1. The molecule has 0 aliphatic rings. The third kappa shape index (κ3) is 3.35. The number of alkyl halides is 3. The largest absolute Gasteiger partial charge is 0.481 e. The van der Waals surface area contributed by atoms with E-state index < -0.39 is 17.7 Å². The quantitative estimate of drug-likeness (QED) is 0.774. The van der Waals surface area contributed by atoms with Gasteiger partial charge in [0.2, 0.25) is 0 Å². The van der Waals surface area contributed by atoms with Crippen LogP contribution in [0.15, 0.2) is 42.7 Å². The van der Waals surface area contributed by atoms with Gasteiger partial charge >= 0.3 is 12.1 Å². The van der Waals surface area contributed by atoms with Gasteiger partial charge in [0.15, 0.2) is 0 Å². The minimum absolute atomic E-state index is 0.131. The molecule has 0 spiro atoms. The molecule has 7 heteroatoms. The second kappa shape index (κ2) is 6.23. The lowest BCUT2D eigenvalue weighted by Crippen LogP contribution is -2.07. The Bertz CT molecular complexity index is 928. The van der Waals surface area contributed by atoms with E-state index in [9.17, 15) is 18.0 Å². The van der Waals surface area contributed by atoms with Crippen molar-refractivity contribution in [2.75, 3.05) is 0 Å². The molecule has 25 heavy (non-hydrogen) atoms. The third-order valence-electron chi connectivity index (χ3n) is 4.21. The molecule has 0 amide bonds. The number of nitrogens with zero attached hydrogens (tertiary/aromatic N) is 2. The highest BCUT2D eigenvalue weighted by atomic mass is 19.4. The van der Waals surface area contributed by atoms with E-state index in [1.807, 2.05) is 11.5 Å². The van der Waals surface area contributed by atoms with Crippen LogP contribution in [0.4, 0.5) is 13.2 Å². The van der Waals surface area contributed by atoms with Crippen LogP contribution in [0.1, 0.15) is 22.4 Å². The number of fused-ring (bicyclic) bond motifs is 1. The van der Waals surface area contributed by atoms with Crippen molar-refractivity contribution in [2.24, 2.45) is 0 Å². The summed E-state index contributed by atoms with van der Waals surface area (Å²) in [5.41, 5.74) is 2.25. The van der Waals surface area contributed by atoms with Gasteiger partial charge in [-0.2, -0.15) is 13.2 Å². The van der Waals surface area contributed by atoms with Crippen LogP contribution >= 0.6 is 0 Å². The van der Waals surface area contributed by atoms with Crippen LogP contribution in [0.5, 0.6) is 0 Å². The van der Waals surface area contributed by atoms with Gasteiger partial charge in [0.05, 0.1) is 17.5 Å². The maximum atomic E-state index is 12.7. The van der Waals surface area contributed by atoms with Crippen molar-refractivity contribution < 1.29 is 23.1 Å². The Balaban J connectivity index is 2.01. The summed E-state index contributed by atoms with van der Waals surface area (Å²) in [6, 6.07) is 6.75. The number of pyridine rings is 1. The first-order valence-electron chi connectivity index (χ1n) is 7.57. The molecule has 0 bridgehead atoms. The number of carbonyl (C=O) groups is 1. The normalized spacial score (nSPS) is 11.8. The molecule has 2 aromatic heterocycles. The monoisotopic (exact) mass is 348 g/mol. The molecule has 1 N–H and O–H groups in total. The van der Waals surface area contributed by atoms with Gasteiger partial charge in [0.25, 0.3) is 0 Å². The fourth-order valence-electron chi connectivity index (χ4n) is 2.95. The summed E-state index contributed by atoms with van der Waals surface area (Å²) in [4.78, 5) is 15.2. The average molecular weight is 348 g/mol. The molecule has 2 heterocycles. The zero-order chi connectivity index (χ0) is 18.2. The zero-order valence-electron chi connectivity index (χ0n) is 13.3. The van der Waals surface area contributed by atoms with Crippen LogP contribution in [-0.2, 0) is 23.9 Å². The number of aromatic nitrogens is 2. The van der Waals surface area contributed by atoms with Crippen LogP contribution in [0.25, 0.3) is 10.9 Å². The van der Waals surface area contributed by atoms with E-state index in [2.05, 4.69) is 4.98 Å². The van der Waals surface area contributed by atoms with E-state index in [4.69, 9.17) is 5.11 Å². The number of carboxylic acids is 1. The molecular formula is C18H15F3N2O2. The molecule has 130 valence electrons. The summed E-state index contributed by atoms with van der Waals surface area (Å²) < 4.78 is 39.9. The SMILES string of the molecule is Cc1c(CC(=O)O)c2cnccc2n1Cc1ccc(C(F)(F)F)cc1. The van der Waals surface area contributed by atoms with Crippen molar-refractivity contribution in [1.29, 1.82) is 0 Å². The lowest BCUT2D eigenvalue weighted by Gasteiger charge is -2.11. The highest BCUT2D eigenvalue weighted by molar-refractivity contribution is 5.88. The van der Waals surface area contributed by atoms with Crippen LogP contribution in [0.2, 0.25) is 0 Å². The van der Waals surface area contributed by atoms with Crippen LogP contribution < -0.4 is 0 Å². The van der Waals surface area contributed by atoms with E-state index in [-0.39, 0.29) is 6.42 Å². The summed E-state index contributed by atoms with van der Waals surface area (Å²) in [5.74, 6) is -0.944. The van der Waals surface area contributed by atoms with Crippen LogP contribution in [0.3, 0.4) is 0 Å². The molecule has 0 radical (unpaired) electrons. The third-order valence-corrected chi connectivity index (χ3v) is 4.21. The van der Waals surface area contributed by atoms with Gasteiger partial charge in [-0.15, -0.1) is 0 Å². The van der Waals surface area contributed by atoms with Gasteiger partial charge in [-0.05, 0) is 36.2 Å². The topological polar surface area (TPSA) is 55.1 Å². The molecule has 0 aliphatic carbocycles. The Morgan fingerprint density at radius 2 is 1.88 bits per heavy atom. The Kier molecular flexibility index (Phi) is 4.24. The molecule has 4 nitrogen and oxygen atoms in total. The lowest BCUT2D eigenvalue weighted by atomic mass is 10.1. The molecule has 1 aromatic carbocycles. The van der Waals surface area contributed by atoms with Gasteiger partial charge in [-0.1, -0.05) is 12.1 Å². The van der Waals surface area contributed by atoms with Gasteiger partial charge in [-0.3, -0.25) is 9.78 Å². The van der Waals surface area contributed by atoms with Crippen LogP contribution in [0, 0.1) is 6.92 Å². The summed E-state index contributed by atoms with van der Waals surface area (Å²) in [5, 5.41) is 9.87. The smallest absolute Gasteiger partial charge is 0.416 e. The predicted octanol–water partition coefficient (Wildman–Crippen LogP) is 4.04. The van der Waals surface area contributed by atoms with Crippen molar-refractivity contribution in [3.05, 3.63) is 65.1 Å². The van der Waals surface area contributed by atoms with Gasteiger partial charge in [0, 0.05) is 30.0 Å². The summed E-state index contributed by atoms with van der Waals surface area (Å²) in [7, 11) is 0. The maximum absolute atomic E-state index is 12.7. The van der Waals surface area contributed by atoms with E-state index >= 15 is 0 Å².